The second-order valence-electron chi connectivity index (χ2n) is 3.22. The number of hydrogen-bond acceptors (Lipinski definition) is 2. The lowest BCUT2D eigenvalue weighted by molar-refractivity contribution is 1.46. The average Bonchev–Trinajstić information content (AvgIpc) is 2.61. The predicted octanol–water partition coefficient (Wildman–Crippen LogP) is 4.70. The summed E-state index contributed by atoms with van der Waals surface area (Å²) in [5.74, 6) is 0.119. The van der Waals surface area contributed by atoms with Gasteiger partial charge in [-0.25, -0.2) is 0 Å². The number of benzene rings is 1. The molecular weight excluding hydrogens is 387 g/mol. The molecule has 0 aliphatic carbocycles. The van der Waals surface area contributed by atoms with E-state index >= 15 is 0 Å². The van der Waals surface area contributed by atoms with E-state index in [4.69, 9.17) is 11.1 Å². The maximum atomic E-state index is 7.43. The van der Waals surface area contributed by atoms with E-state index in [-0.39, 0.29) is 18.2 Å². The smallest absolute Gasteiger partial charge is 0.133 e. The normalized spacial score (nSPS) is 9.76. The summed E-state index contributed by atoms with van der Waals surface area (Å²) in [7, 11) is 0. The predicted molar refractivity (Wildman–Crippen MR) is 85.9 cm³/mol. The van der Waals surface area contributed by atoms with Gasteiger partial charge < -0.3 is 5.73 Å². The lowest BCUT2D eigenvalue weighted by Gasteiger charge is -1.95. The third kappa shape index (κ3) is 3.31. The number of halogens is 3. The summed E-state index contributed by atoms with van der Waals surface area (Å²) >= 11 is 8.23. The molecule has 6 heteroatoms. The van der Waals surface area contributed by atoms with Gasteiger partial charge in [-0.3, -0.25) is 5.41 Å². The first-order valence-corrected chi connectivity index (χ1v) is 6.88. The Bertz CT molecular complexity index is 588. The molecule has 0 amide bonds. The Hall–Kier alpha value is -0.360. The number of nitrogens with one attached hydrogen (secondary N) is 1. The molecule has 90 valence electrons. The largest absolute Gasteiger partial charge is 0.383 e. The second kappa shape index (κ2) is 6.00. The molecule has 0 aliphatic rings. The van der Waals surface area contributed by atoms with Crippen molar-refractivity contribution >= 4 is 77.6 Å². The van der Waals surface area contributed by atoms with Crippen molar-refractivity contribution < 1.29 is 0 Å². The van der Waals surface area contributed by atoms with Crippen LogP contribution in [0.5, 0.6) is 0 Å². The fourth-order valence-corrected chi connectivity index (χ4v) is 2.91. The van der Waals surface area contributed by atoms with Crippen molar-refractivity contribution in [1.29, 1.82) is 5.41 Å². The monoisotopic (exact) mass is 394 g/mol. The molecule has 2 nitrogen and oxygen atoms in total. The summed E-state index contributed by atoms with van der Waals surface area (Å²) in [5.41, 5.74) is 6.59. The zero-order chi connectivity index (χ0) is 11.7. The summed E-state index contributed by atoms with van der Waals surface area (Å²) in [4.78, 5) is 0.807. The van der Waals surface area contributed by atoms with E-state index in [9.17, 15) is 0 Å². The highest BCUT2D eigenvalue weighted by molar-refractivity contribution is 9.28. The van der Waals surface area contributed by atoms with E-state index < -0.39 is 0 Å². The molecule has 2 aromatic rings. The fraction of sp³-hybridized carbons (Fsp3) is 0. The summed E-state index contributed by atoms with van der Waals surface area (Å²) in [6, 6.07) is 8.02. The highest BCUT2D eigenvalue weighted by Gasteiger charge is 2.06. The van der Waals surface area contributed by atoms with Crippen molar-refractivity contribution in [2.45, 2.75) is 0 Å². The van der Waals surface area contributed by atoms with Gasteiger partial charge in [0.05, 0.1) is 8.27 Å². The lowest BCUT2D eigenvalue weighted by Crippen LogP contribution is -2.08. The minimum absolute atomic E-state index is 0. The average molecular weight is 397 g/mol. The van der Waals surface area contributed by atoms with E-state index in [1.807, 2.05) is 30.3 Å². The summed E-state index contributed by atoms with van der Waals surface area (Å²) < 4.78 is 2.03. The molecule has 0 saturated heterocycles. The van der Waals surface area contributed by atoms with E-state index in [2.05, 4.69) is 31.9 Å². The van der Waals surface area contributed by atoms with Crippen LogP contribution in [0.3, 0.4) is 0 Å². The molecule has 0 bridgehead atoms. The molecule has 0 saturated carbocycles. The van der Waals surface area contributed by atoms with Crippen molar-refractivity contribution in [1.82, 2.24) is 0 Å². The molecule has 0 unspecified atom stereocenters. The minimum atomic E-state index is 0. The summed E-state index contributed by atoms with van der Waals surface area (Å²) in [6.45, 7) is 0. The number of amidine groups is 1. The quantitative estimate of drug-likeness (QED) is 0.561. The number of fused-ring (bicyclic) bond motifs is 1. The highest BCUT2D eigenvalue weighted by Crippen LogP contribution is 2.30. The SMILES string of the molecule is Cl.N=C(N)c1cc2c(C=C(Br)Br)cccc2s1. The van der Waals surface area contributed by atoms with Gasteiger partial charge >= 0.3 is 0 Å². The zero-order valence-electron chi connectivity index (χ0n) is 8.54. The molecule has 1 heterocycles. The van der Waals surface area contributed by atoms with Crippen molar-refractivity contribution in [3.05, 3.63) is 38.1 Å². The van der Waals surface area contributed by atoms with Crippen LogP contribution in [-0.4, -0.2) is 5.84 Å². The van der Waals surface area contributed by atoms with Crippen LogP contribution in [-0.2, 0) is 0 Å². The van der Waals surface area contributed by atoms with Crippen LogP contribution in [0.15, 0.2) is 27.7 Å². The number of nitrogen functional groups attached to an aromatic ring is 1. The number of rotatable bonds is 2. The van der Waals surface area contributed by atoms with Crippen molar-refractivity contribution in [2.24, 2.45) is 5.73 Å². The van der Waals surface area contributed by atoms with E-state index in [0.717, 1.165) is 23.9 Å². The van der Waals surface area contributed by atoms with Gasteiger partial charge in [0.2, 0.25) is 0 Å². The van der Waals surface area contributed by atoms with Gasteiger partial charge in [0.15, 0.2) is 0 Å². The van der Waals surface area contributed by atoms with Crippen LogP contribution >= 0.6 is 55.6 Å². The van der Waals surface area contributed by atoms with Crippen molar-refractivity contribution in [3.8, 4) is 0 Å². The third-order valence-corrected chi connectivity index (χ3v) is 3.72. The van der Waals surface area contributed by atoms with Crippen molar-refractivity contribution in [3.63, 3.8) is 0 Å². The van der Waals surface area contributed by atoms with Crippen LogP contribution < -0.4 is 5.73 Å². The van der Waals surface area contributed by atoms with E-state index in [1.54, 1.807) is 0 Å². The molecule has 0 spiro atoms. The van der Waals surface area contributed by atoms with E-state index in [0.29, 0.717) is 0 Å². The molecule has 2 rings (SSSR count). The Morgan fingerprint density at radius 2 is 2.06 bits per heavy atom. The topological polar surface area (TPSA) is 49.9 Å². The number of thiophene rings is 1. The molecule has 0 radical (unpaired) electrons. The van der Waals surface area contributed by atoms with E-state index in [1.165, 1.54) is 11.3 Å². The Morgan fingerprint density at radius 3 is 2.65 bits per heavy atom. The first kappa shape index (κ1) is 14.7. The summed E-state index contributed by atoms with van der Waals surface area (Å²) in [5, 5.41) is 8.55. The van der Waals surface area contributed by atoms with Gasteiger partial charge in [-0.05, 0) is 55.6 Å². The van der Waals surface area contributed by atoms with Gasteiger partial charge in [0.1, 0.15) is 5.84 Å². The second-order valence-corrected chi connectivity index (χ2v) is 7.07. The molecule has 3 N–H and O–H groups in total. The van der Waals surface area contributed by atoms with Crippen molar-refractivity contribution in [2.75, 3.05) is 0 Å². The maximum absolute atomic E-state index is 7.43. The number of hydrogen-bond donors (Lipinski definition) is 2. The molecule has 1 aromatic carbocycles. The van der Waals surface area contributed by atoms with Crippen LogP contribution in [0, 0.1) is 5.41 Å². The van der Waals surface area contributed by atoms with Gasteiger partial charge in [-0.2, -0.15) is 0 Å². The van der Waals surface area contributed by atoms with Crippen LogP contribution in [0.25, 0.3) is 16.2 Å². The third-order valence-electron chi connectivity index (χ3n) is 2.13. The van der Waals surface area contributed by atoms with Gasteiger partial charge in [0.25, 0.3) is 0 Å². The Balaban J connectivity index is 0.00000144. The van der Waals surface area contributed by atoms with Crippen LogP contribution in [0.4, 0.5) is 0 Å². The lowest BCUT2D eigenvalue weighted by atomic mass is 10.1. The zero-order valence-corrected chi connectivity index (χ0v) is 13.3. The van der Waals surface area contributed by atoms with Gasteiger partial charge in [-0.1, -0.05) is 12.1 Å². The van der Waals surface area contributed by atoms with Gasteiger partial charge in [0, 0.05) is 10.1 Å². The summed E-state index contributed by atoms with van der Waals surface area (Å²) in [6.07, 6.45) is 1.99. The molecular formula is C11H9Br2ClN2S. The van der Waals surface area contributed by atoms with Crippen LogP contribution in [0.1, 0.15) is 10.4 Å². The fourth-order valence-electron chi connectivity index (χ4n) is 1.46. The first-order valence-electron chi connectivity index (χ1n) is 4.47. The van der Waals surface area contributed by atoms with Gasteiger partial charge in [-0.15, -0.1) is 23.7 Å². The Kier molecular flexibility index (Phi) is 5.19. The maximum Gasteiger partial charge on any atom is 0.133 e. The standard InChI is InChI=1S/C11H8Br2N2S.ClH/c12-10(13)4-6-2-1-3-8-7(6)5-9(16-8)11(14)15;/h1-5H,(H3,14,15);1H. The molecule has 0 fully saturated rings. The highest BCUT2D eigenvalue weighted by atomic mass is 79.9. The molecule has 17 heavy (non-hydrogen) atoms. The minimum Gasteiger partial charge on any atom is -0.383 e. The Labute approximate surface area is 126 Å². The number of nitrogens with two attached hydrogens (primary N) is 1. The Morgan fingerprint density at radius 1 is 1.35 bits per heavy atom. The van der Waals surface area contributed by atoms with Crippen LogP contribution in [0.2, 0.25) is 0 Å². The first-order chi connectivity index (χ1) is 7.58. The molecule has 0 atom stereocenters. The molecule has 0 aliphatic heterocycles. The molecule has 1 aromatic heterocycles.